The molecule has 0 aromatic heterocycles. The van der Waals surface area contributed by atoms with E-state index < -0.39 is 5.41 Å². The monoisotopic (exact) mass is 295 g/mol. The number of carbonyl (C=O) groups excluding carboxylic acids is 1. The highest BCUT2D eigenvalue weighted by Gasteiger charge is 2.42. The van der Waals surface area contributed by atoms with E-state index >= 15 is 0 Å². The van der Waals surface area contributed by atoms with Gasteiger partial charge in [0, 0.05) is 6.54 Å². The smallest absolute Gasteiger partial charge is 0.313 e. The summed E-state index contributed by atoms with van der Waals surface area (Å²) in [6.45, 7) is 0.451. The zero-order chi connectivity index (χ0) is 15.1. The molecule has 0 radical (unpaired) electrons. The van der Waals surface area contributed by atoms with Crippen LogP contribution in [-0.4, -0.2) is 19.6 Å². The molecule has 0 heterocycles. The van der Waals surface area contributed by atoms with Crippen molar-refractivity contribution in [3.8, 4) is 0 Å². The first-order chi connectivity index (χ1) is 10.2. The van der Waals surface area contributed by atoms with Crippen molar-refractivity contribution < 1.29 is 9.53 Å². The summed E-state index contributed by atoms with van der Waals surface area (Å²) in [7, 11) is 1.52. The molecule has 0 saturated heterocycles. The maximum Gasteiger partial charge on any atom is 0.313 e. The van der Waals surface area contributed by atoms with Gasteiger partial charge < -0.3 is 10.5 Å². The summed E-state index contributed by atoms with van der Waals surface area (Å²) >= 11 is 0. The van der Waals surface area contributed by atoms with Crippen LogP contribution in [0.25, 0.3) is 0 Å². The summed E-state index contributed by atoms with van der Waals surface area (Å²) in [5, 5.41) is 0. The lowest BCUT2D eigenvalue weighted by atomic mass is 9.68. The van der Waals surface area contributed by atoms with E-state index in [2.05, 4.69) is 0 Å². The highest BCUT2D eigenvalue weighted by atomic mass is 16.5. The Balaban J connectivity index is 2.05. The molecular weight excluding hydrogens is 262 g/mol. The minimum atomic E-state index is -0.418. The highest BCUT2D eigenvalue weighted by molar-refractivity contribution is 5.77. The van der Waals surface area contributed by atoms with E-state index in [4.69, 9.17) is 10.5 Å². The van der Waals surface area contributed by atoms with Crippen molar-refractivity contribution in [2.45, 2.75) is 77.0 Å². The molecule has 0 atom stereocenters. The Labute approximate surface area is 130 Å². The van der Waals surface area contributed by atoms with Gasteiger partial charge >= 0.3 is 5.97 Å². The maximum atomic E-state index is 12.5. The van der Waals surface area contributed by atoms with Crippen LogP contribution < -0.4 is 5.73 Å². The molecule has 2 rings (SSSR count). The molecule has 0 aromatic carbocycles. The molecule has 0 aliphatic heterocycles. The lowest BCUT2D eigenvalue weighted by Gasteiger charge is -2.38. The molecule has 122 valence electrons. The largest absolute Gasteiger partial charge is 0.469 e. The lowest BCUT2D eigenvalue weighted by Crippen LogP contribution is -2.43. The summed E-state index contributed by atoms with van der Waals surface area (Å²) < 4.78 is 5.17. The van der Waals surface area contributed by atoms with Gasteiger partial charge in [0.25, 0.3) is 0 Å². The average Bonchev–Trinajstić information content (AvgIpc) is 2.55. The van der Waals surface area contributed by atoms with Crippen molar-refractivity contribution in [1.82, 2.24) is 0 Å². The van der Waals surface area contributed by atoms with E-state index in [1.807, 2.05) is 0 Å². The number of esters is 1. The van der Waals surface area contributed by atoms with E-state index in [1.165, 1.54) is 71.3 Å². The summed E-state index contributed by atoms with van der Waals surface area (Å²) in [5.41, 5.74) is 5.70. The van der Waals surface area contributed by atoms with Crippen molar-refractivity contribution in [1.29, 1.82) is 0 Å². The fraction of sp³-hybridized carbons (Fsp3) is 0.944. The number of ether oxygens (including phenoxy) is 1. The molecule has 3 nitrogen and oxygen atoms in total. The fourth-order valence-corrected chi connectivity index (χ4v) is 4.60. The van der Waals surface area contributed by atoms with Crippen molar-refractivity contribution in [2.75, 3.05) is 13.7 Å². The zero-order valence-electron chi connectivity index (χ0n) is 13.7. The maximum absolute atomic E-state index is 12.5. The molecular formula is C18H33NO2. The van der Waals surface area contributed by atoms with Crippen LogP contribution in [0, 0.1) is 17.3 Å². The molecule has 2 aliphatic carbocycles. The molecule has 3 heteroatoms. The fourth-order valence-electron chi connectivity index (χ4n) is 4.60. The number of carbonyl (C=O) groups is 1. The summed E-state index contributed by atoms with van der Waals surface area (Å²) in [6.07, 6.45) is 14.9. The molecule has 21 heavy (non-hydrogen) atoms. The molecule has 2 N–H and O–H groups in total. The van der Waals surface area contributed by atoms with Gasteiger partial charge in [-0.2, -0.15) is 0 Å². The van der Waals surface area contributed by atoms with Crippen molar-refractivity contribution in [3.63, 3.8) is 0 Å². The normalized spacial score (nSPS) is 22.2. The van der Waals surface area contributed by atoms with Crippen LogP contribution in [0.3, 0.4) is 0 Å². The minimum absolute atomic E-state index is 0.0545. The summed E-state index contributed by atoms with van der Waals surface area (Å²) in [5.74, 6) is 1.29. The van der Waals surface area contributed by atoms with Crippen LogP contribution in [0.15, 0.2) is 0 Å². The number of hydrogen-bond donors (Lipinski definition) is 1. The lowest BCUT2D eigenvalue weighted by molar-refractivity contribution is -0.155. The molecule has 2 saturated carbocycles. The second-order valence-corrected chi connectivity index (χ2v) is 7.39. The van der Waals surface area contributed by atoms with Gasteiger partial charge in [0.05, 0.1) is 12.5 Å². The zero-order valence-corrected chi connectivity index (χ0v) is 13.7. The van der Waals surface area contributed by atoms with Crippen LogP contribution >= 0.6 is 0 Å². The topological polar surface area (TPSA) is 52.3 Å². The molecule has 0 spiro atoms. The van der Waals surface area contributed by atoms with Crippen LogP contribution in [0.4, 0.5) is 0 Å². The quantitative estimate of drug-likeness (QED) is 0.752. The van der Waals surface area contributed by atoms with Crippen LogP contribution in [0.2, 0.25) is 0 Å². The first-order valence-electron chi connectivity index (χ1n) is 8.98. The van der Waals surface area contributed by atoms with E-state index in [0.29, 0.717) is 18.4 Å². The number of hydrogen-bond acceptors (Lipinski definition) is 3. The van der Waals surface area contributed by atoms with E-state index in [0.717, 1.165) is 12.8 Å². The van der Waals surface area contributed by atoms with Gasteiger partial charge in [-0.25, -0.2) is 0 Å². The molecule has 0 unspecified atom stereocenters. The Kier molecular flexibility index (Phi) is 6.53. The molecule has 2 aliphatic rings. The van der Waals surface area contributed by atoms with Crippen LogP contribution in [0.5, 0.6) is 0 Å². The average molecular weight is 295 g/mol. The SMILES string of the molecule is COC(=O)C(CN)(CC1CCCCC1)CC1CCCCC1. The number of methoxy groups -OCH3 is 1. The van der Waals surface area contributed by atoms with E-state index in [9.17, 15) is 4.79 Å². The Hall–Kier alpha value is -0.570. The molecule has 0 aromatic rings. The first-order valence-corrected chi connectivity index (χ1v) is 8.98. The van der Waals surface area contributed by atoms with Gasteiger partial charge in [0.1, 0.15) is 0 Å². The van der Waals surface area contributed by atoms with Gasteiger partial charge in [-0.1, -0.05) is 64.2 Å². The highest BCUT2D eigenvalue weighted by Crippen LogP contribution is 2.42. The first kappa shape index (κ1) is 16.8. The van der Waals surface area contributed by atoms with Crippen LogP contribution in [0.1, 0.15) is 77.0 Å². The number of nitrogens with two attached hydrogens (primary N) is 1. The second kappa shape index (κ2) is 8.17. The van der Waals surface area contributed by atoms with Gasteiger partial charge in [-0.05, 0) is 24.7 Å². The Morgan fingerprint density at radius 1 is 0.952 bits per heavy atom. The third-order valence-corrected chi connectivity index (χ3v) is 5.82. The van der Waals surface area contributed by atoms with Crippen LogP contribution in [-0.2, 0) is 9.53 Å². The Morgan fingerprint density at radius 3 is 1.71 bits per heavy atom. The van der Waals surface area contributed by atoms with Crippen molar-refractivity contribution in [3.05, 3.63) is 0 Å². The predicted octanol–water partition coefficient (Wildman–Crippen LogP) is 4.05. The third-order valence-electron chi connectivity index (χ3n) is 5.82. The van der Waals surface area contributed by atoms with E-state index in [1.54, 1.807) is 0 Å². The standard InChI is InChI=1S/C18H33NO2/c1-21-17(20)18(14-19,12-15-8-4-2-5-9-15)13-16-10-6-3-7-11-16/h15-16H,2-14,19H2,1H3. The second-order valence-electron chi connectivity index (χ2n) is 7.39. The predicted molar refractivity (Wildman–Crippen MR) is 85.9 cm³/mol. The Morgan fingerprint density at radius 2 is 1.38 bits per heavy atom. The Bertz CT molecular complexity index is 297. The summed E-state index contributed by atoms with van der Waals surface area (Å²) in [6, 6.07) is 0. The minimum Gasteiger partial charge on any atom is -0.469 e. The van der Waals surface area contributed by atoms with Crippen molar-refractivity contribution in [2.24, 2.45) is 23.0 Å². The molecule has 0 bridgehead atoms. The van der Waals surface area contributed by atoms with Gasteiger partial charge in [0.15, 0.2) is 0 Å². The number of rotatable bonds is 6. The third kappa shape index (κ3) is 4.45. The molecule has 2 fully saturated rings. The van der Waals surface area contributed by atoms with E-state index in [-0.39, 0.29) is 5.97 Å². The van der Waals surface area contributed by atoms with Crippen molar-refractivity contribution >= 4 is 5.97 Å². The summed E-state index contributed by atoms with van der Waals surface area (Å²) in [4.78, 5) is 12.5. The van der Waals surface area contributed by atoms with Gasteiger partial charge in [0.2, 0.25) is 0 Å². The van der Waals surface area contributed by atoms with Gasteiger partial charge in [-0.15, -0.1) is 0 Å². The van der Waals surface area contributed by atoms with Gasteiger partial charge in [-0.3, -0.25) is 4.79 Å². The molecule has 0 amide bonds.